The summed E-state index contributed by atoms with van der Waals surface area (Å²) in [5, 5.41) is 2.95. The molecule has 0 unspecified atom stereocenters. The lowest BCUT2D eigenvalue weighted by atomic mass is 10.1. The Hall–Kier alpha value is -4.51. The molecule has 1 atom stereocenters. The van der Waals surface area contributed by atoms with Crippen molar-refractivity contribution in [3.8, 4) is 11.5 Å². The number of nitrogens with one attached hydrogen (secondary N) is 1. The summed E-state index contributed by atoms with van der Waals surface area (Å²) in [5.74, 6) is -0.699. The summed E-state index contributed by atoms with van der Waals surface area (Å²) < 4.78 is 29.3. The van der Waals surface area contributed by atoms with E-state index in [1.807, 2.05) is 6.07 Å². The topological polar surface area (TPSA) is 97.4 Å². The van der Waals surface area contributed by atoms with Crippen molar-refractivity contribution in [2.24, 2.45) is 0 Å². The van der Waals surface area contributed by atoms with Crippen LogP contribution in [0.2, 0.25) is 0 Å². The normalized spacial score (nSPS) is 14.8. The monoisotopic (exact) mass is 565 g/mol. The van der Waals surface area contributed by atoms with Gasteiger partial charge < -0.3 is 24.4 Å². The number of methoxy groups -OCH3 is 2. The molecule has 208 valence electrons. The van der Waals surface area contributed by atoms with Crippen LogP contribution < -0.4 is 19.7 Å². The first-order valence-electron chi connectivity index (χ1n) is 12.4. The van der Waals surface area contributed by atoms with Crippen LogP contribution in [0.15, 0.2) is 66.7 Å². The zero-order valence-corrected chi connectivity index (χ0v) is 23.0. The fourth-order valence-electron chi connectivity index (χ4n) is 4.31. The highest BCUT2D eigenvalue weighted by Gasteiger charge is 2.44. The molecular weight excluding hydrogens is 537 g/mol. The van der Waals surface area contributed by atoms with Crippen LogP contribution in [0.3, 0.4) is 0 Å². The van der Waals surface area contributed by atoms with Gasteiger partial charge in [0.15, 0.2) is 16.6 Å². The standard InChI is InChI=1S/C29H28FN3O6S/c1-4-39-28(36)19-6-10-21(11-7-19)31-26(34)16-23-27(35)33(22-12-8-20(30)9-13-22)29(40)32(23)17-18-5-14-24(37-2)25(15-18)38-3/h5-15,23H,4,16-17H2,1-3H3,(H,31,34)/t23-/m0/s1. The molecule has 1 aliphatic heterocycles. The Kier molecular flexibility index (Phi) is 8.95. The van der Waals surface area contributed by atoms with Crippen LogP contribution in [0.1, 0.15) is 29.3 Å². The second-order valence-electron chi connectivity index (χ2n) is 8.82. The van der Waals surface area contributed by atoms with Crippen LogP contribution in [0.4, 0.5) is 15.8 Å². The average molecular weight is 566 g/mol. The number of hydrogen-bond donors (Lipinski definition) is 1. The van der Waals surface area contributed by atoms with Gasteiger partial charge in [0, 0.05) is 12.2 Å². The Morgan fingerprint density at radius 1 is 0.975 bits per heavy atom. The summed E-state index contributed by atoms with van der Waals surface area (Å²) in [5.41, 5.74) is 1.97. The number of amides is 2. The van der Waals surface area contributed by atoms with Gasteiger partial charge in [-0.15, -0.1) is 0 Å². The Bertz CT molecular complexity index is 1410. The van der Waals surface area contributed by atoms with Crippen LogP contribution in [-0.4, -0.2) is 54.7 Å². The second-order valence-corrected chi connectivity index (χ2v) is 9.18. The van der Waals surface area contributed by atoms with Crippen LogP contribution in [-0.2, 0) is 20.9 Å². The third kappa shape index (κ3) is 6.20. The van der Waals surface area contributed by atoms with Crippen molar-refractivity contribution in [2.75, 3.05) is 31.0 Å². The number of thiocarbonyl (C=S) groups is 1. The number of esters is 1. The smallest absolute Gasteiger partial charge is 0.338 e. The van der Waals surface area contributed by atoms with Crippen molar-refractivity contribution < 1.29 is 33.0 Å². The fraction of sp³-hybridized carbons (Fsp3) is 0.241. The number of benzene rings is 3. The molecule has 0 spiro atoms. The van der Waals surface area contributed by atoms with Crippen molar-refractivity contribution in [3.05, 3.63) is 83.7 Å². The summed E-state index contributed by atoms with van der Waals surface area (Å²) in [6.45, 7) is 2.17. The van der Waals surface area contributed by atoms with Gasteiger partial charge in [-0.25, -0.2) is 9.18 Å². The van der Waals surface area contributed by atoms with E-state index in [4.69, 9.17) is 26.4 Å². The number of nitrogens with zero attached hydrogens (tertiary/aromatic N) is 2. The Labute approximate surface area is 236 Å². The van der Waals surface area contributed by atoms with Crippen molar-refractivity contribution in [1.82, 2.24) is 4.90 Å². The first kappa shape index (κ1) is 28.5. The van der Waals surface area contributed by atoms with E-state index in [0.29, 0.717) is 28.4 Å². The molecule has 0 aromatic heterocycles. The predicted molar refractivity (Wildman–Crippen MR) is 151 cm³/mol. The van der Waals surface area contributed by atoms with E-state index in [1.165, 1.54) is 43.4 Å². The summed E-state index contributed by atoms with van der Waals surface area (Å²) >= 11 is 5.69. The lowest BCUT2D eigenvalue weighted by Crippen LogP contribution is -2.37. The molecular formula is C29H28FN3O6S. The molecule has 0 saturated carbocycles. The molecule has 0 aliphatic carbocycles. The minimum Gasteiger partial charge on any atom is -0.493 e. The number of anilines is 2. The van der Waals surface area contributed by atoms with Crippen LogP contribution in [0, 0.1) is 5.82 Å². The molecule has 1 saturated heterocycles. The highest BCUT2D eigenvalue weighted by atomic mass is 32.1. The van der Waals surface area contributed by atoms with Gasteiger partial charge in [0.25, 0.3) is 5.91 Å². The Balaban J connectivity index is 1.57. The van der Waals surface area contributed by atoms with Gasteiger partial charge in [0.05, 0.1) is 38.5 Å². The third-order valence-corrected chi connectivity index (χ3v) is 6.68. The van der Waals surface area contributed by atoms with E-state index in [-0.39, 0.29) is 24.7 Å². The highest BCUT2D eigenvalue weighted by Crippen LogP contribution is 2.32. The van der Waals surface area contributed by atoms with Gasteiger partial charge in [-0.2, -0.15) is 0 Å². The van der Waals surface area contributed by atoms with Crippen LogP contribution in [0.5, 0.6) is 11.5 Å². The third-order valence-electron chi connectivity index (χ3n) is 6.26. The molecule has 0 radical (unpaired) electrons. The minimum absolute atomic E-state index is 0.183. The van der Waals surface area contributed by atoms with E-state index in [2.05, 4.69) is 5.32 Å². The van der Waals surface area contributed by atoms with Crippen LogP contribution in [0.25, 0.3) is 0 Å². The molecule has 4 rings (SSSR count). The maximum Gasteiger partial charge on any atom is 0.338 e. The molecule has 40 heavy (non-hydrogen) atoms. The van der Waals surface area contributed by atoms with Crippen molar-refractivity contribution in [2.45, 2.75) is 25.9 Å². The highest BCUT2D eigenvalue weighted by molar-refractivity contribution is 7.80. The van der Waals surface area contributed by atoms with Gasteiger partial charge in [0.1, 0.15) is 11.9 Å². The van der Waals surface area contributed by atoms with Gasteiger partial charge in [-0.05, 0) is 85.4 Å². The van der Waals surface area contributed by atoms with Crippen molar-refractivity contribution >= 4 is 46.5 Å². The molecule has 3 aromatic carbocycles. The van der Waals surface area contributed by atoms with E-state index in [0.717, 1.165) is 5.56 Å². The first-order valence-corrected chi connectivity index (χ1v) is 12.8. The largest absolute Gasteiger partial charge is 0.493 e. The first-order chi connectivity index (χ1) is 19.2. The fourth-order valence-corrected chi connectivity index (χ4v) is 4.70. The summed E-state index contributed by atoms with van der Waals surface area (Å²) in [4.78, 5) is 41.6. The quantitative estimate of drug-likeness (QED) is 0.283. The van der Waals surface area contributed by atoms with Gasteiger partial charge in [-0.1, -0.05) is 6.07 Å². The van der Waals surface area contributed by atoms with Crippen molar-refractivity contribution in [1.29, 1.82) is 0 Å². The zero-order valence-electron chi connectivity index (χ0n) is 22.2. The number of halogens is 1. The molecule has 9 nitrogen and oxygen atoms in total. The number of carbonyl (C=O) groups excluding carboxylic acids is 3. The zero-order chi connectivity index (χ0) is 28.8. The summed E-state index contributed by atoms with van der Waals surface area (Å²) in [6.07, 6.45) is -0.205. The number of rotatable bonds is 10. The molecule has 3 aromatic rings. The predicted octanol–water partition coefficient (Wildman–Crippen LogP) is 4.55. The minimum atomic E-state index is -0.926. The van der Waals surface area contributed by atoms with Gasteiger partial charge >= 0.3 is 5.97 Å². The van der Waals surface area contributed by atoms with Gasteiger partial charge in [-0.3, -0.25) is 14.5 Å². The molecule has 2 amide bonds. The molecule has 1 heterocycles. The number of hydrogen-bond acceptors (Lipinski definition) is 7. The molecule has 1 N–H and O–H groups in total. The Morgan fingerprint density at radius 3 is 2.27 bits per heavy atom. The SMILES string of the molecule is CCOC(=O)c1ccc(NC(=O)C[C@H]2C(=O)N(c3ccc(F)cc3)C(=S)N2Cc2ccc(OC)c(OC)c2)cc1. The molecule has 1 aliphatic rings. The summed E-state index contributed by atoms with van der Waals surface area (Å²) in [7, 11) is 3.06. The average Bonchev–Trinajstić information content (AvgIpc) is 3.17. The Morgan fingerprint density at radius 2 is 1.65 bits per heavy atom. The van der Waals surface area contributed by atoms with Crippen molar-refractivity contribution in [3.63, 3.8) is 0 Å². The lowest BCUT2D eigenvalue weighted by Gasteiger charge is -2.24. The molecule has 11 heteroatoms. The second kappa shape index (κ2) is 12.6. The van der Waals surface area contributed by atoms with Gasteiger partial charge in [0.2, 0.25) is 5.91 Å². The maximum atomic E-state index is 13.6. The van der Waals surface area contributed by atoms with E-state index >= 15 is 0 Å². The molecule has 0 bridgehead atoms. The molecule has 1 fully saturated rings. The number of ether oxygens (including phenoxy) is 3. The van der Waals surface area contributed by atoms with Crippen LogP contribution >= 0.6 is 12.2 Å². The lowest BCUT2D eigenvalue weighted by molar-refractivity contribution is -0.124. The maximum absolute atomic E-state index is 13.6. The van der Waals surface area contributed by atoms with E-state index in [1.54, 1.807) is 48.2 Å². The van der Waals surface area contributed by atoms with E-state index in [9.17, 15) is 18.8 Å². The summed E-state index contributed by atoms with van der Waals surface area (Å²) in [6, 6.07) is 16.1. The number of carbonyl (C=O) groups is 3. The van der Waals surface area contributed by atoms with E-state index < -0.39 is 29.6 Å².